The van der Waals surface area contributed by atoms with Crippen LogP contribution in [-0.2, 0) is 11.2 Å². The van der Waals surface area contributed by atoms with Crippen molar-refractivity contribution in [1.29, 1.82) is 0 Å². The number of ether oxygens (including phenoxy) is 1. The number of carbonyl (C=O) groups is 1. The van der Waals surface area contributed by atoms with Gasteiger partial charge in [0.2, 0.25) is 0 Å². The third-order valence-corrected chi connectivity index (χ3v) is 4.40. The van der Waals surface area contributed by atoms with Gasteiger partial charge < -0.3 is 20.7 Å². The van der Waals surface area contributed by atoms with Crippen molar-refractivity contribution in [3.63, 3.8) is 0 Å². The fourth-order valence-corrected chi connectivity index (χ4v) is 3.11. The summed E-state index contributed by atoms with van der Waals surface area (Å²) < 4.78 is 5.46. The van der Waals surface area contributed by atoms with Crippen LogP contribution in [0.2, 0.25) is 0 Å². The number of cyclic esters (lactones) is 1. The Morgan fingerprint density at radius 1 is 1.09 bits per heavy atom. The molecule has 0 saturated carbocycles. The lowest BCUT2D eigenvalue weighted by molar-refractivity contribution is 0.0314. The van der Waals surface area contributed by atoms with Crippen molar-refractivity contribution < 1.29 is 19.7 Å². The lowest BCUT2D eigenvalue weighted by atomic mass is 9.97. The van der Waals surface area contributed by atoms with Crippen LogP contribution in [-0.4, -0.2) is 28.3 Å². The van der Waals surface area contributed by atoms with Gasteiger partial charge in [-0.05, 0) is 57.1 Å². The molecule has 0 amide bonds. The van der Waals surface area contributed by atoms with E-state index in [0.29, 0.717) is 12.0 Å². The Balaban J connectivity index is 2.21. The zero-order valence-electron chi connectivity index (χ0n) is 13.8. The van der Waals surface area contributed by atoms with Gasteiger partial charge in [0, 0.05) is 12.1 Å². The predicted octanol–water partition coefficient (Wildman–Crippen LogP) is 3.26. The second-order valence-corrected chi connectivity index (χ2v) is 6.51. The van der Waals surface area contributed by atoms with Gasteiger partial charge in [-0.25, -0.2) is 4.79 Å². The number of aromatic hydroxyl groups is 2. The highest BCUT2D eigenvalue weighted by atomic mass is 16.5. The molecule has 5 heteroatoms. The summed E-state index contributed by atoms with van der Waals surface area (Å²) in [5.74, 6) is -0.775. The van der Waals surface area contributed by atoms with E-state index >= 15 is 0 Å². The van der Waals surface area contributed by atoms with Crippen LogP contribution in [0.5, 0.6) is 11.5 Å². The third kappa shape index (κ3) is 5.13. The van der Waals surface area contributed by atoms with E-state index in [1.165, 1.54) is 6.07 Å². The Hall–Kier alpha value is -1.75. The highest BCUT2D eigenvalue weighted by molar-refractivity contribution is 5.94. The van der Waals surface area contributed by atoms with E-state index in [9.17, 15) is 15.0 Å². The number of rotatable bonds is 0. The maximum atomic E-state index is 12.4. The maximum Gasteiger partial charge on any atom is 0.342 e. The van der Waals surface area contributed by atoms with E-state index in [4.69, 9.17) is 10.5 Å². The Morgan fingerprint density at radius 2 is 1.83 bits per heavy atom. The number of fused-ring (bicyclic) bond motifs is 1. The van der Waals surface area contributed by atoms with E-state index in [1.54, 1.807) is 6.07 Å². The average molecular weight is 321 g/mol. The van der Waals surface area contributed by atoms with Crippen molar-refractivity contribution in [3.8, 4) is 11.5 Å². The van der Waals surface area contributed by atoms with Crippen LogP contribution >= 0.6 is 0 Å². The monoisotopic (exact) mass is 321 g/mol. The molecular weight excluding hydrogens is 294 g/mol. The molecule has 128 valence electrons. The molecule has 2 atom stereocenters. The van der Waals surface area contributed by atoms with Gasteiger partial charge in [0.15, 0.2) is 0 Å². The Kier molecular flexibility index (Phi) is 6.28. The quantitative estimate of drug-likeness (QED) is 0.638. The molecule has 0 radical (unpaired) electrons. The number of phenols is 2. The summed E-state index contributed by atoms with van der Waals surface area (Å²) in [7, 11) is 0. The fraction of sp³-hybridized carbons (Fsp3) is 0.611. The van der Waals surface area contributed by atoms with Crippen LogP contribution in [0.4, 0.5) is 0 Å². The zero-order chi connectivity index (χ0) is 16.8. The second-order valence-electron chi connectivity index (χ2n) is 6.51. The number of hydrogen-bond donors (Lipinski definition) is 3. The molecule has 23 heavy (non-hydrogen) atoms. The van der Waals surface area contributed by atoms with Gasteiger partial charge in [0.05, 0.1) is 6.10 Å². The third-order valence-electron chi connectivity index (χ3n) is 4.40. The van der Waals surface area contributed by atoms with Gasteiger partial charge in [0.1, 0.15) is 17.1 Å². The summed E-state index contributed by atoms with van der Waals surface area (Å²) in [6.45, 7) is 1.85. The summed E-state index contributed by atoms with van der Waals surface area (Å²) in [4.78, 5) is 12.4. The first-order valence-corrected chi connectivity index (χ1v) is 8.48. The van der Waals surface area contributed by atoms with Crippen molar-refractivity contribution in [2.75, 3.05) is 0 Å². The number of nitrogens with two attached hydrogens (primary N) is 1. The van der Waals surface area contributed by atoms with Crippen molar-refractivity contribution in [2.45, 2.75) is 70.4 Å². The van der Waals surface area contributed by atoms with Crippen LogP contribution in [0.1, 0.15) is 67.8 Å². The van der Waals surface area contributed by atoms with Crippen molar-refractivity contribution >= 4 is 5.97 Å². The van der Waals surface area contributed by atoms with Crippen molar-refractivity contribution in [2.24, 2.45) is 5.73 Å². The maximum absolute atomic E-state index is 12.4. The molecule has 0 aromatic heterocycles. The normalized spacial score (nSPS) is 24.3. The molecule has 4 N–H and O–H groups in total. The van der Waals surface area contributed by atoms with Gasteiger partial charge in [-0.3, -0.25) is 0 Å². The summed E-state index contributed by atoms with van der Waals surface area (Å²) in [6.07, 6.45) is 6.97. The molecule has 5 nitrogen and oxygen atoms in total. The molecule has 1 aromatic carbocycles. The molecule has 0 aliphatic carbocycles. The molecular formula is C18H27NO4. The molecule has 1 aliphatic rings. The summed E-state index contributed by atoms with van der Waals surface area (Å²) in [5.41, 5.74) is 6.92. The Bertz CT molecular complexity index is 544. The molecule has 2 rings (SSSR count). The SMILES string of the molecule is C[C@H]1CCCC(N)CCCCCc2cc(O)cc(O)c2C(=O)O1. The fourth-order valence-electron chi connectivity index (χ4n) is 3.11. The highest BCUT2D eigenvalue weighted by Crippen LogP contribution is 2.30. The minimum absolute atomic E-state index is 0.0368. The van der Waals surface area contributed by atoms with E-state index in [0.717, 1.165) is 44.9 Å². The minimum Gasteiger partial charge on any atom is -0.508 e. The van der Waals surface area contributed by atoms with E-state index in [2.05, 4.69) is 0 Å². The van der Waals surface area contributed by atoms with Gasteiger partial charge >= 0.3 is 5.97 Å². The van der Waals surface area contributed by atoms with Crippen LogP contribution in [0, 0.1) is 0 Å². The molecule has 0 bridgehead atoms. The van der Waals surface area contributed by atoms with Gasteiger partial charge in [-0.2, -0.15) is 0 Å². The molecule has 0 saturated heterocycles. The summed E-state index contributed by atoms with van der Waals surface area (Å²) in [6, 6.07) is 2.94. The number of esters is 1. The number of phenolic OH excluding ortho intramolecular Hbond substituents is 2. The molecule has 0 fully saturated rings. The first kappa shape index (κ1) is 17.6. The number of hydrogen-bond acceptors (Lipinski definition) is 5. The number of benzene rings is 1. The Morgan fingerprint density at radius 3 is 2.61 bits per heavy atom. The zero-order valence-corrected chi connectivity index (χ0v) is 13.8. The lowest BCUT2D eigenvalue weighted by Gasteiger charge is -2.18. The van der Waals surface area contributed by atoms with Crippen LogP contribution in [0.25, 0.3) is 0 Å². The highest BCUT2D eigenvalue weighted by Gasteiger charge is 2.21. The second kappa shape index (κ2) is 8.20. The van der Waals surface area contributed by atoms with Gasteiger partial charge in [-0.1, -0.05) is 12.8 Å². The smallest absolute Gasteiger partial charge is 0.342 e. The Labute approximate surface area is 137 Å². The topological polar surface area (TPSA) is 92.8 Å². The first-order chi connectivity index (χ1) is 11.0. The minimum atomic E-state index is -0.522. The first-order valence-electron chi connectivity index (χ1n) is 8.48. The van der Waals surface area contributed by atoms with E-state index < -0.39 is 5.97 Å². The van der Waals surface area contributed by atoms with Gasteiger partial charge in [-0.15, -0.1) is 0 Å². The van der Waals surface area contributed by atoms with Gasteiger partial charge in [0.25, 0.3) is 0 Å². The predicted molar refractivity (Wildman–Crippen MR) is 88.6 cm³/mol. The standard InChI is InChI=1S/C18H27NO4/c1-12-6-5-9-14(19)8-4-2-3-7-13-10-15(20)11-16(21)17(13)18(22)23-12/h10-12,14,20-21H,2-9,19H2,1H3/t12-,14?/m0/s1. The number of carbonyl (C=O) groups excluding carboxylic acids is 1. The lowest BCUT2D eigenvalue weighted by Crippen LogP contribution is -2.22. The number of aryl methyl sites for hydroxylation is 1. The molecule has 1 aromatic rings. The molecule has 1 heterocycles. The summed E-state index contributed by atoms with van der Waals surface area (Å²) >= 11 is 0. The van der Waals surface area contributed by atoms with Crippen LogP contribution < -0.4 is 5.73 Å². The van der Waals surface area contributed by atoms with Crippen molar-refractivity contribution in [1.82, 2.24) is 0 Å². The van der Waals surface area contributed by atoms with E-state index in [-0.39, 0.29) is 29.2 Å². The average Bonchev–Trinajstić information content (AvgIpc) is 2.45. The van der Waals surface area contributed by atoms with Crippen LogP contribution in [0.15, 0.2) is 12.1 Å². The summed E-state index contributed by atoms with van der Waals surface area (Å²) in [5, 5.41) is 19.7. The molecule has 1 unspecified atom stereocenters. The van der Waals surface area contributed by atoms with E-state index in [1.807, 2.05) is 6.92 Å². The van der Waals surface area contributed by atoms with Crippen molar-refractivity contribution in [3.05, 3.63) is 23.3 Å². The van der Waals surface area contributed by atoms with Crippen LogP contribution in [0.3, 0.4) is 0 Å². The largest absolute Gasteiger partial charge is 0.508 e. The molecule has 1 aliphatic heterocycles. The molecule has 0 spiro atoms.